The van der Waals surface area contributed by atoms with Crippen molar-refractivity contribution in [2.45, 2.75) is 5.75 Å². The second-order valence-corrected chi connectivity index (χ2v) is 2.99. The Kier molecular flexibility index (Phi) is 2.21. The van der Waals surface area contributed by atoms with Crippen molar-refractivity contribution < 1.29 is 0 Å². The van der Waals surface area contributed by atoms with E-state index < -0.39 is 0 Å². The standard InChI is InChI=1S/C6H11N3S/c1-9-3-5(7)8-6(9)4-10-2/h3H,4,7H2,1-2H3. The van der Waals surface area contributed by atoms with Crippen LogP contribution < -0.4 is 5.73 Å². The molecule has 1 aromatic rings. The first-order valence-electron chi connectivity index (χ1n) is 3.00. The van der Waals surface area contributed by atoms with Crippen LogP contribution in [0, 0.1) is 0 Å². The average Bonchev–Trinajstić information content (AvgIpc) is 2.13. The van der Waals surface area contributed by atoms with Crippen LogP contribution in [0.2, 0.25) is 0 Å². The van der Waals surface area contributed by atoms with E-state index in [9.17, 15) is 0 Å². The van der Waals surface area contributed by atoms with Crippen molar-refractivity contribution in [3.8, 4) is 0 Å². The highest BCUT2D eigenvalue weighted by molar-refractivity contribution is 7.97. The second-order valence-electron chi connectivity index (χ2n) is 2.13. The van der Waals surface area contributed by atoms with Crippen molar-refractivity contribution in [1.29, 1.82) is 0 Å². The van der Waals surface area contributed by atoms with Gasteiger partial charge in [-0.2, -0.15) is 11.8 Å². The van der Waals surface area contributed by atoms with Gasteiger partial charge in [-0.25, -0.2) is 4.98 Å². The third kappa shape index (κ3) is 1.44. The molecule has 0 aliphatic heterocycles. The van der Waals surface area contributed by atoms with E-state index in [4.69, 9.17) is 5.73 Å². The summed E-state index contributed by atoms with van der Waals surface area (Å²) in [6, 6.07) is 0. The number of aryl methyl sites for hydroxylation is 1. The van der Waals surface area contributed by atoms with Crippen molar-refractivity contribution in [1.82, 2.24) is 9.55 Å². The zero-order valence-electron chi connectivity index (χ0n) is 6.16. The molecule has 0 saturated carbocycles. The molecule has 1 aromatic heterocycles. The van der Waals surface area contributed by atoms with Gasteiger partial charge in [0.1, 0.15) is 11.6 Å². The maximum atomic E-state index is 5.47. The highest BCUT2D eigenvalue weighted by Crippen LogP contribution is 2.08. The lowest BCUT2D eigenvalue weighted by molar-refractivity contribution is 0.850. The Balaban J connectivity index is 2.81. The summed E-state index contributed by atoms with van der Waals surface area (Å²) in [4.78, 5) is 4.12. The Morgan fingerprint density at radius 2 is 2.50 bits per heavy atom. The van der Waals surface area contributed by atoms with E-state index in [1.54, 1.807) is 11.8 Å². The number of imidazole rings is 1. The average molecular weight is 157 g/mol. The summed E-state index contributed by atoms with van der Waals surface area (Å²) < 4.78 is 1.95. The van der Waals surface area contributed by atoms with Gasteiger partial charge >= 0.3 is 0 Å². The largest absolute Gasteiger partial charge is 0.382 e. The molecule has 0 radical (unpaired) electrons. The van der Waals surface area contributed by atoms with E-state index in [2.05, 4.69) is 4.98 Å². The summed E-state index contributed by atoms with van der Waals surface area (Å²) in [5.74, 6) is 2.56. The molecule has 3 nitrogen and oxygen atoms in total. The Morgan fingerprint density at radius 3 is 2.90 bits per heavy atom. The Hall–Kier alpha value is -0.640. The smallest absolute Gasteiger partial charge is 0.141 e. The predicted molar refractivity (Wildman–Crippen MR) is 44.8 cm³/mol. The van der Waals surface area contributed by atoms with Crippen molar-refractivity contribution in [3.63, 3.8) is 0 Å². The number of aromatic nitrogens is 2. The van der Waals surface area contributed by atoms with Gasteiger partial charge in [0.2, 0.25) is 0 Å². The van der Waals surface area contributed by atoms with Crippen LogP contribution in [0.5, 0.6) is 0 Å². The van der Waals surface area contributed by atoms with Crippen LogP contribution in [-0.2, 0) is 12.8 Å². The fourth-order valence-corrected chi connectivity index (χ4v) is 1.32. The second kappa shape index (κ2) is 2.96. The van der Waals surface area contributed by atoms with Gasteiger partial charge in [0, 0.05) is 13.2 Å². The summed E-state index contributed by atoms with van der Waals surface area (Å²) in [7, 11) is 1.95. The first kappa shape index (κ1) is 7.47. The van der Waals surface area contributed by atoms with Crippen LogP contribution >= 0.6 is 11.8 Å². The van der Waals surface area contributed by atoms with Gasteiger partial charge in [0.05, 0.1) is 5.75 Å². The molecule has 10 heavy (non-hydrogen) atoms. The van der Waals surface area contributed by atoms with Gasteiger partial charge < -0.3 is 10.3 Å². The normalized spacial score (nSPS) is 10.2. The number of hydrogen-bond acceptors (Lipinski definition) is 3. The van der Waals surface area contributed by atoms with Crippen LogP contribution in [0.15, 0.2) is 6.20 Å². The molecular weight excluding hydrogens is 146 g/mol. The third-order valence-corrected chi connectivity index (χ3v) is 1.81. The molecule has 0 amide bonds. The zero-order valence-corrected chi connectivity index (χ0v) is 6.98. The van der Waals surface area contributed by atoms with Gasteiger partial charge in [0.15, 0.2) is 0 Å². The van der Waals surface area contributed by atoms with Crippen molar-refractivity contribution in [2.24, 2.45) is 7.05 Å². The highest BCUT2D eigenvalue weighted by Gasteiger charge is 1.99. The summed E-state index contributed by atoms with van der Waals surface area (Å²) in [5, 5.41) is 0. The SMILES string of the molecule is CSCc1nc(N)cn1C. The third-order valence-electron chi connectivity index (χ3n) is 1.26. The number of nitrogen functional groups attached to an aromatic ring is 1. The maximum absolute atomic E-state index is 5.47. The fraction of sp³-hybridized carbons (Fsp3) is 0.500. The number of rotatable bonds is 2. The fourth-order valence-electron chi connectivity index (χ4n) is 0.793. The van der Waals surface area contributed by atoms with Gasteiger partial charge in [-0.3, -0.25) is 0 Å². The van der Waals surface area contributed by atoms with Crippen LogP contribution in [0.3, 0.4) is 0 Å². The van der Waals surface area contributed by atoms with Gasteiger partial charge in [0.25, 0.3) is 0 Å². The lowest BCUT2D eigenvalue weighted by Crippen LogP contribution is -1.93. The predicted octanol–water partition coefficient (Wildman–Crippen LogP) is 0.865. The summed E-state index contributed by atoms with van der Waals surface area (Å²) in [6.07, 6.45) is 3.87. The molecule has 4 heteroatoms. The first-order chi connectivity index (χ1) is 4.74. The molecule has 2 N–H and O–H groups in total. The molecule has 0 bridgehead atoms. The zero-order chi connectivity index (χ0) is 7.56. The van der Waals surface area contributed by atoms with E-state index in [1.165, 1.54) is 0 Å². The molecule has 0 saturated heterocycles. The number of thioether (sulfide) groups is 1. The molecule has 0 unspecified atom stereocenters. The van der Waals surface area contributed by atoms with Crippen molar-refractivity contribution in [2.75, 3.05) is 12.0 Å². The summed E-state index contributed by atoms with van der Waals surface area (Å²) >= 11 is 1.74. The molecule has 0 spiro atoms. The van der Waals surface area contributed by atoms with E-state index in [-0.39, 0.29) is 0 Å². The highest BCUT2D eigenvalue weighted by atomic mass is 32.2. The lowest BCUT2D eigenvalue weighted by atomic mass is 10.7. The van der Waals surface area contributed by atoms with E-state index in [1.807, 2.05) is 24.1 Å². The number of hydrogen-bond donors (Lipinski definition) is 1. The maximum Gasteiger partial charge on any atom is 0.141 e. The van der Waals surface area contributed by atoms with Crippen molar-refractivity contribution in [3.05, 3.63) is 12.0 Å². The van der Waals surface area contributed by atoms with Gasteiger partial charge in [-0.05, 0) is 6.26 Å². The minimum absolute atomic E-state index is 0.603. The minimum Gasteiger partial charge on any atom is -0.382 e. The van der Waals surface area contributed by atoms with Crippen LogP contribution in [0.4, 0.5) is 5.82 Å². The molecule has 1 rings (SSSR count). The Bertz CT molecular complexity index is 219. The Morgan fingerprint density at radius 1 is 1.80 bits per heavy atom. The van der Waals surface area contributed by atoms with E-state index in [0.29, 0.717) is 5.82 Å². The Labute approximate surface area is 64.6 Å². The topological polar surface area (TPSA) is 43.8 Å². The minimum atomic E-state index is 0.603. The molecule has 0 atom stereocenters. The quantitative estimate of drug-likeness (QED) is 0.692. The van der Waals surface area contributed by atoms with Crippen molar-refractivity contribution >= 4 is 17.6 Å². The molecule has 0 aliphatic rings. The number of anilines is 1. The van der Waals surface area contributed by atoms with Crippen LogP contribution in [-0.4, -0.2) is 15.8 Å². The molecule has 0 fully saturated rings. The van der Waals surface area contributed by atoms with Gasteiger partial charge in [-0.15, -0.1) is 0 Å². The number of nitrogens with two attached hydrogens (primary N) is 1. The molecule has 0 aliphatic carbocycles. The molecular formula is C6H11N3S. The molecule has 1 heterocycles. The molecule has 0 aromatic carbocycles. The van der Waals surface area contributed by atoms with Gasteiger partial charge in [-0.1, -0.05) is 0 Å². The summed E-state index contributed by atoms with van der Waals surface area (Å²) in [6.45, 7) is 0. The van der Waals surface area contributed by atoms with E-state index in [0.717, 1.165) is 11.6 Å². The summed E-state index contributed by atoms with van der Waals surface area (Å²) in [5.41, 5.74) is 5.47. The lowest BCUT2D eigenvalue weighted by Gasteiger charge is -1.95. The molecule has 56 valence electrons. The monoisotopic (exact) mass is 157 g/mol. The van der Waals surface area contributed by atoms with Crippen LogP contribution in [0.1, 0.15) is 5.82 Å². The van der Waals surface area contributed by atoms with E-state index >= 15 is 0 Å². The van der Waals surface area contributed by atoms with Crippen LogP contribution in [0.25, 0.3) is 0 Å². The number of nitrogens with zero attached hydrogens (tertiary/aromatic N) is 2. The first-order valence-corrected chi connectivity index (χ1v) is 4.40.